The number of rotatable bonds is 2. The highest BCUT2D eigenvalue weighted by molar-refractivity contribution is 6.06. The molecule has 3 aliphatic rings. The first-order chi connectivity index (χ1) is 10.9. The Morgan fingerprint density at radius 3 is 2.61 bits per heavy atom. The van der Waals surface area contributed by atoms with Gasteiger partial charge in [0, 0.05) is 0 Å². The van der Waals surface area contributed by atoms with E-state index in [2.05, 4.69) is 20.4 Å². The van der Waals surface area contributed by atoms with Gasteiger partial charge in [0.1, 0.15) is 0 Å². The zero-order chi connectivity index (χ0) is 16.4. The molecule has 1 heterocycles. The predicted molar refractivity (Wildman–Crippen MR) is 88.3 cm³/mol. The maximum atomic E-state index is 13.5. The van der Waals surface area contributed by atoms with Crippen molar-refractivity contribution in [3.63, 3.8) is 0 Å². The first kappa shape index (κ1) is 14.5. The number of hydrogen-bond donors (Lipinski definition) is 0. The van der Waals surface area contributed by atoms with Crippen LogP contribution >= 0.6 is 0 Å². The van der Waals surface area contributed by atoms with Crippen LogP contribution in [0.2, 0.25) is 0 Å². The van der Waals surface area contributed by atoms with Crippen LogP contribution in [0.4, 0.5) is 5.69 Å². The molecule has 2 bridgehead atoms. The maximum absolute atomic E-state index is 13.5. The number of hydrazine groups is 1. The predicted octanol–water partition coefficient (Wildman–Crippen LogP) is 3.16. The van der Waals surface area contributed by atoms with Crippen LogP contribution in [-0.2, 0) is 9.59 Å². The number of carbonyl (C=O) groups excluding carboxylic acids is 2. The Labute approximate surface area is 136 Å². The third kappa shape index (κ3) is 1.51. The van der Waals surface area contributed by atoms with Gasteiger partial charge in [0.2, 0.25) is 0 Å². The molecule has 1 spiro atoms. The Balaban J connectivity index is 1.89. The fourth-order valence-corrected chi connectivity index (χ4v) is 5.34. The van der Waals surface area contributed by atoms with Crippen LogP contribution in [0.25, 0.3) is 0 Å². The monoisotopic (exact) mass is 310 g/mol. The molecule has 1 aromatic rings. The lowest BCUT2D eigenvalue weighted by Crippen LogP contribution is -2.46. The van der Waals surface area contributed by atoms with Crippen molar-refractivity contribution in [1.82, 2.24) is 5.01 Å². The summed E-state index contributed by atoms with van der Waals surface area (Å²) in [5.41, 5.74) is 0.236. The van der Waals surface area contributed by atoms with Crippen LogP contribution in [0.3, 0.4) is 0 Å². The zero-order valence-electron chi connectivity index (χ0n) is 13.7. The van der Waals surface area contributed by atoms with E-state index in [4.69, 9.17) is 0 Å². The molecule has 2 amide bonds. The van der Waals surface area contributed by atoms with Gasteiger partial charge in [-0.25, -0.2) is 10.0 Å². The highest BCUT2D eigenvalue weighted by Gasteiger charge is 2.75. The average Bonchev–Trinajstić information content (AvgIpc) is 3.07. The molecular weight excluding hydrogens is 288 g/mol. The van der Waals surface area contributed by atoms with E-state index < -0.39 is 5.41 Å². The van der Waals surface area contributed by atoms with E-state index in [-0.39, 0.29) is 23.3 Å². The van der Waals surface area contributed by atoms with Crippen LogP contribution < -0.4 is 5.01 Å². The van der Waals surface area contributed by atoms with Gasteiger partial charge >= 0.3 is 0 Å². The number of anilines is 1. The van der Waals surface area contributed by atoms with E-state index in [1.54, 1.807) is 10.0 Å². The number of carbonyl (C=O) groups is 2. The molecule has 4 heteroatoms. The standard InChI is InChI=1S/C19H22N2O2/c1-4-16(22)21-15-12-13-10-11-19(15,18(13,2)3)17(23)20(21)14-8-6-5-7-9-14/h4-9,13,15H,1,10-12H2,2-3H3. The summed E-state index contributed by atoms with van der Waals surface area (Å²) >= 11 is 0. The Morgan fingerprint density at radius 2 is 2.00 bits per heavy atom. The molecule has 120 valence electrons. The summed E-state index contributed by atoms with van der Waals surface area (Å²) in [5, 5.41) is 3.28. The maximum Gasteiger partial charge on any atom is 0.265 e. The van der Waals surface area contributed by atoms with Crippen LogP contribution in [0, 0.1) is 16.7 Å². The molecule has 1 aromatic carbocycles. The second kappa shape index (κ2) is 4.47. The van der Waals surface area contributed by atoms with E-state index in [9.17, 15) is 9.59 Å². The third-order valence-electron chi connectivity index (χ3n) is 6.62. The van der Waals surface area contributed by atoms with E-state index in [0.717, 1.165) is 24.9 Å². The Morgan fingerprint density at radius 1 is 1.30 bits per heavy atom. The van der Waals surface area contributed by atoms with Crippen molar-refractivity contribution >= 4 is 17.5 Å². The fourth-order valence-electron chi connectivity index (χ4n) is 5.34. The van der Waals surface area contributed by atoms with Gasteiger partial charge < -0.3 is 0 Å². The van der Waals surface area contributed by atoms with Crippen molar-refractivity contribution < 1.29 is 9.59 Å². The lowest BCUT2D eigenvalue weighted by Gasteiger charge is -2.34. The number of hydrogen-bond acceptors (Lipinski definition) is 2. The van der Waals surface area contributed by atoms with E-state index in [1.807, 2.05) is 30.3 Å². The summed E-state index contributed by atoms with van der Waals surface area (Å²) in [6.45, 7) is 8.04. The second-order valence-corrected chi connectivity index (χ2v) is 7.52. The van der Waals surface area contributed by atoms with Crippen molar-refractivity contribution in [2.45, 2.75) is 39.2 Å². The summed E-state index contributed by atoms with van der Waals surface area (Å²) in [6.07, 6.45) is 4.18. The molecule has 23 heavy (non-hydrogen) atoms. The minimum Gasteiger partial charge on any atom is -0.272 e. The van der Waals surface area contributed by atoms with Crippen molar-refractivity contribution in [2.75, 3.05) is 5.01 Å². The van der Waals surface area contributed by atoms with Gasteiger partial charge in [-0.3, -0.25) is 9.59 Å². The van der Waals surface area contributed by atoms with Crippen LogP contribution in [0.1, 0.15) is 33.1 Å². The van der Waals surface area contributed by atoms with E-state index >= 15 is 0 Å². The van der Waals surface area contributed by atoms with Crippen LogP contribution in [0.15, 0.2) is 43.0 Å². The Bertz CT molecular complexity index is 697. The summed E-state index contributed by atoms with van der Waals surface area (Å²) in [7, 11) is 0. The molecule has 1 saturated heterocycles. The van der Waals surface area contributed by atoms with Crippen molar-refractivity contribution in [3.8, 4) is 0 Å². The second-order valence-electron chi connectivity index (χ2n) is 7.52. The van der Waals surface area contributed by atoms with Crippen molar-refractivity contribution in [2.24, 2.45) is 16.7 Å². The Hall–Kier alpha value is -2.10. The molecule has 1 aliphatic heterocycles. The molecule has 3 fully saturated rings. The zero-order valence-corrected chi connectivity index (χ0v) is 13.7. The number of fused-ring (bicyclic) bond motifs is 1. The number of nitrogens with zero attached hydrogens (tertiary/aromatic N) is 2. The highest BCUT2D eigenvalue weighted by atomic mass is 16.2. The van der Waals surface area contributed by atoms with E-state index in [0.29, 0.717) is 5.92 Å². The lowest BCUT2D eigenvalue weighted by molar-refractivity contribution is -0.131. The first-order valence-electron chi connectivity index (χ1n) is 8.30. The summed E-state index contributed by atoms with van der Waals surface area (Å²) < 4.78 is 0. The fraction of sp³-hybridized carbons (Fsp3) is 0.474. The smallest absolute Gasteiger partial charge is 0.265 e. The van der Waals surface area contributed by atoms with Crippen molar-refractivity contribution in [1.29, 1.82) is 0 Å². The van der Waals surface area contributed by atoms with E-state index in [1.165, 1.54) is 6.08 Å². The molecule has 2 saturated carbocycles. The minimum atomic E-state index is -0.452. The van der Waals surface area contributed by atoms with Gasteiger partial charge in [-0.15, -0.1) is 0 Å². The quantitative estimate of drug-likeness (QED) is 0.787. The highest BCUT2D eigenvalue weighted by Crippen LogP contribution is 2.70. The molecular formula is C19H22N2O2. The third-order valence-corrected chi connectivity index (χ3v) is 6.62. The lowest BCUT2D eigenvalue weighted by atomic mass is 9.67. The number of para-hydroxylation sites is 1. The van der Waals surface area contributed by atoms with Gasteiger partial charge in [-0.1, -0.05) is 38.6 Å². The van der Waals surface area contributed by atoms with Crippen molar-refractivity contribution in [3.05, 3.63) is 43.0 Å². The van der Waals surface area contributed by atoms with Crippen LogP contribution in [0.5, 0.6) is 0 Å². The number of benzene rings is 1. The topological polar surface area (TPSA) is 40.6 Å². The molecule has 0 aromatic heterocycles. The molecule has 2 aliphatic carbocycles. The summed E-state index contributed by atoms with van der Waals surface area (Å²) in [6, 6.07) is 9.44. The molecule has 4 nitrogen and oxygen atoms in total. The molecule has 4 rings (SSSR count). The molecule has 0 radical (unpaired) electrons. The van der Waals surface area contributed by atoms with Gasteiger partial charge in [0.25, 0.3) is 11.8 Å². The normalized spacial score (nSPS) is 33.9. The average molecular weight is 310 g/mol. The minimum absolute atomic E-state index is 0.0468. The SMILES string of the molecule is C=CC(=O)N1C2CC3CCC2(C(=O)N1c1ccccc1)C3(C)C. The number of amides is 2. The largest absolute Gasteiger partial charge is 0.272 e. The van der Waals surface area contributed by atoms with Gasteiger partial charge in [-0.2, -0.15) is 0 Å². The van der Waals surface area contributed by atoms with Gasteiger partial charge in [-0.05, 0) is 48.8 Å². The van der Waals surface area contributed by atoms with Gasteiger partial charge in [0.05, 0.1) is 17.1 Å². The van der Waals surface area contributed by atoms with Crippen LogP contribution in [-0.4, -0.2) is 22.9 Å². The first-order valence-corrected chi connectivity index (χ1v) is 8.30. The van der Waals surface area contributed by atoms with Gasteiger partial charge in [0.15, 0.2) is 0 Å². The molecule has 3 atom stereocenters. The summed E-state index contributed by atoms with van der Waals surface area (Å²) in [5.74, 6) is 0.399. The molecule has 3 unspecified atom stereocenters. The summed E-state index contributed by atoms with van der Waals surface area (Å²) in [4.78, 5) is 26.1. The Kier molecular flexibility index (Phi) is 2.81. The molecule has 0 N–H and O–H groups in total.